The molecule has 10 heteroatoms. The Morgan fingerprint density at radius 2 is 1.50 bits per heavy atom. The molecule has 3 rings (SSSR count). The minimum absolute atomic E-state index is 0.107. The van der Waals surface area contributed by atoms with E-state index in [0.717, 1.165) is 37.8 Å². The Kier molecular flexibility index (Phi) is 7.98. The van der Waals surface area contributed by atoms with Crippen molar-refractivity contribution in [2.45, 2.75) is 50.7 Å². The molecule has 176 valence electrons. The number of nitrogens with one attached hydrogen (secondary N) is 2. The summed E-state index contributed by atoms with van der Waals surface area (Å²) >= 11 is 0. The van der Waals surface area contributed by atoms with E-state index in [2.05, 4.69) is 10.6 Å². The van der Waals surface area contributed by atoms with Crippen molar-refractivity contribution in [2.24, 2.45) is 0 Å². The Balaban J connectivity index is 1.37. The number of amides is 4. The lowest BCUT2D eigenvalue weighted by Crippen LogP contribution is -2.51. The van der Waals surface area contributed by atoms with E-state index in [9.17, 15) is 27.6 Å². The lowest BCUT2D eigenvalue weighted by molar-refractivity contribution is -0.137. The Morgan fingerprint density at radius 1 is 0.906 bits per heavy atom. The van der Waals surface area contributed by atoms with Crippen LogP contribution in [0.15, 0.2) is 24.3 Å². The number of halogens is 3. The maximum atomic E-state index is 12.7. The second-order valence-corrected chi connectivity index (χ2v) is 8.23. The molecule has 1 aromatic rings. The minimum Gasteiger partial charge on any atom is -0.339 e. The summed E-state index contributed by atoms with van der Waals surface area (Å²) in [5, 5.41) is 5.66. The van der Waals surface area contributed by atoms with Gasteiger partial charge in [0.1, 0.15) is 0 Å². The van der Waals surface area contributed by atoms with E-state index in [1.807, 2.05) is 0 Å². The van der Waals surface area contributed by atoms with Crippen LogP contribution in [0.2, 0.25) is 0 Å². The molecule has 1 aromatic carbocycles. The molecule has 0 bridgehead atoms. The first-order chi connectivity index (χ1) is 15.2. The van der Waals surface area contributed by atoms with Crippen molar-refractivity contribution >= 4 is 17.8 Å². The molecule has 0 aromatic heterocycles. The Morgan fingerprint density at radius 3 is 2.09 bits per heavy atom. The van der Waals surface area contributed by atoms with E-state index < -0.39 is 11.7 Å². The number of piperazine rings is 1. The molecule has 0 atom stereocenters. The number of rotatable bonds is 5. The van der Waals surface area contributed by atoms with E-state index in [4.69, 9.17) is 0 Å². The van der Waals surface area contributed by atoms with Gasteiger partial charge in [-0.1, -0.05) is 19.3 Å². The zero-order chi connectivity index (χ0) is 23.1. The maximum Gasteiger partial charge on any atom is 0.416 e. The van der Waals surface area contributed by atoms with Crippen LogP contribution in [0, 0.1) is 0 Å². The third kappa shape index (κ3) is 6.61. The Bertz CT molecular complexity index is 800. The van der Waals surface area contributed by atoms with Crippen molar-refractivity contribution in [1.29, 1.82) is 0 Å². The first-order valence-corrected chi connectivity index (χ1v) is 11.0. The number of benzene rings is 1. The zero-order valence-corrected chi connectivity index (χ0v) is 17.9. The number of hydrogen-bond donors (Lipinski definition) is 2. The van der Waals surface area contributed by atoms with Crippen LogP contribution in [0.5, 0.6) is 0 Å². The summed E-state index contributed by atoms with van der Waals surface area (Å²) in [6.45, 7) is 1.55. The van der Waals surface area contributed by atoms with E-state index >= 15 is 0 Å². The first kappa shape index (κ1) is 23.9. The van der Waals surface area contributed by atoms with Crippen molar-refractivity contribution in [3.05, 3.63) is 35.4 Å². The van der Waals surface area contributed by atoms with Crippen LogP contribution >= 0.6 is 0 Å². The first-order valence-electron chi connectivity index (χ1n) is 11.0. The highest BCUT2D eigenvalue weighted by Crippen LogP contribution is 2.29. The topological polar surface area (TPSA) is 81.8 Å². The van der Waals surface area contributed by atoms with Crippen molar-refractivity contribution < 1.29 is 27.6 Å². The summed E-state index contributed by atoms with van der Waals surface area (Å²) < 4.78 is 38.0. The van der Waals surface area contributed by atoms with Crippen LogP contribution in [0.25, 0.3) is 0 Å². The number of urea groups is 1. The summed E-state index contributed by atoms with van der Waals surface area (Å²) in [6, 6.07) is 4.08. The Labute approximate surface area is 185 Å². The number of carbonyl (C=O) groups excluding carboxylic acids is 3. The monoisotopic (exact) mass is 454 g/mol. The van der Waals surface area contributed by atoms with Gasteiger partial charge in [-0.25, -0.2) is 4.79 Å². The fourth-order valence-electron chi connectivity index (χ4n) is 4.07. The van der Waals surface area contributed by atoms with E-state index in [-0.39, 0.29) is 42.4 Å². The zero-order valence-electron chi connectivity index (χ0n) is 17.9. The largest absolute Gasteiger partial charge is 0.416 e. The van der Waals surface area contributed by atoms with Gasteiger partial charge in [-0.2, -0.15) is 13.2 Å². The normalized spacial score (nSPS) is 17.7. The summed E-state index contributed by atoms with van der Waals surface area (Å²) in [5.41, 5.74) is -0.614. The van der Waals surface area contributed by atoms with Crippen molar-refractivity contribution in [2.75, 3.05) is 32.7 Å². The van der Waals surface area contributed by atoms with Gasteiger partial charge in [0.05, 0.1) is 5.56 Å². The fourth-order valence-corrected chi connectivity index (χ4v) is 4.07. The minimum atomic E-state index is -4.45. The predicted molar refractivity (Wildman–Crippen MR) is 112 cm³/mol. The lowest BCUT2D eigenvalue weighted by atomic mass is 9.96. The quantitative estimate of drug-likeness (QED) is 0.718. The van der Waals surface area contributed by atoms with Crippen molar-refractivity contribution in [3.63, 3.8) is 0 Å². The van der Waals surface area contributed by atoms with E-state index in [1.165, 1.54) is 23.5 Å². The summed E-state index contributed by atoms with van der Waals surface area (Å²) in [4.78, 5) is 40.0. The number of carbonyl (C=O) groups is 3. The van der Waals surface area contributed by atoms with Gasteiger partial charge < -0.3 is 20.4 Å². The van der Waals surface area contributed by atoms with Crippen LogP contribution in [0.3, 0.4) is 0 Å². The molecule has 1 aliphatic heterocycles. The highest BCUT2D eigenvalue weighted by molar-refractivity contribution is 5.94. The molecule has 0 unspecified atom stereocenters. The van der Waals surface area contributed by atoms with Gasteiger partial charge in [0.25, 0.3) is 5.91 Å². The highest BCUT2D eigenvalue weighted by Gasteiger charge is 2.31. The molecule has 4 amide bonds. The summed E-state index contributed by atoms with van der Waals surface area (Å²) in [7, 11) is 0. The van der Waals surface area contributed by atoms with Crippen molar-refractivity contribution in [3.8, 4) is 0 Å². The third-order valence-electron chi connectivity index (χ3n) is 5.94. The molecular weight excluding hydrogens is 425 g/mol. The molecule has 1 saturated heterocycles. The molecule has 2 fully saturated rings. The van der Waals surface area contributed by atoms with Gasteiger partial charge in [-0.05, 0) is 37.1 Å². The van der Waals surface area contributed by atoms with Gasteiger partial charge >= 0.3 is 12.2 Å². The lowest BCUT2D eigenvalue weighted by Gasteiger charge is -2.35. The number of nitrogens with zero attached hydrogens (tertiary/aromatic N) is 2. The van der Waals surface area contributed by atoms with Gasteiger partial charge in [-0.3, -0.25) is 9.59 Å². The van der Waals surface area contributed by atoms with Crippen LogP contribution in [0.4, 0.5) is 18.0 Å². The number of alkyl halides is 3. The molecule has 32 heavy (non-hydrogen) atoms. The summed E-state index contributed by atoms with van der Waals surface area (Å²) in [6.07, 6.45) is 1.15. The number of hydrogen-bond acceptors (Lipinski definition) is 3. The van der Waals surface area contributed by atoms with Gasteiger partial charge in [0, 0.05) is 50.7 Å². The van der Waals surface area contributed by atoms with Crippen LogP contribution in [0.1, 0.15) is 54.4 Å². The van der Waals surface area contributed by atoms with E-state index in [1.54, 1.807) is 4.90 Å². The SMILES string of the molecule is O=C(NCCC(=O)N1CCN(C(=O)c2ccc(C(F)(F)F)cc2)CC1)NC1CCCCC1. The standard InChI is InChI=1S/C22H29F3N4O3/c23-22(24,25)17-8-6-16(7-9-17)20(31)29-14-12-28(13-15-29)19(30)10-11-26-21(32)27-18-4-2-1-3-5-18/h6-9,18H,1-5,10-15H2,(H2,26,27,32). The van der Waals surface area contributed by atoms with Crippen molar-refractivity contribution in [1.82, 2.24) is 20.4 Å². The molecule has 2 N–H and O–H groups in total. The average Bonchev–Trinajstić information content (AvgIpc) is 2.79. The van der Waals surface area contributed by atoms with Gasteiger partial charge in [0.15, 0.2) is 0 Å². The average molecular weight is 454 g/mol. The van der Waals surface area contributed by atoms with Gasteiger partial charge in [0.2, 0.25) is 5.91 Å². The second kappa shape index (κ2) is 10.7. The smallest absolute Gasteiger partial charge is 0.339 e. The van der Waals surface area contributed by atoms with Crippen LogP contribution in [-0.4, -0.2) is 66.4 Å². The summed E-state index contributed by atoms with van der Waals surface area (Å²) in [5.74, 6) is -0.462. The maximum absolute atomic E-state index is 12.7. The molecule has 0 spiro atoms. The molecular formula is C22H29F3N4O3. The fraction of sp³-hybridized carbons (Fsp3) is 0.591. The molecule has 1 saturated carbocycles. The van der Waals surface area contributed by atoms with Crippen LogP contribution < -0.4 is 10.6 Å². The predicted octanol–water partition coefficient (Wildman–Crippen LogP) is 3.01. The molecule has 1 aliphatic carbocycles. The molecule has 2 aliphatic rings. The highest BCUT2D eigenvalue weighted by atomic mass is 19.4. The van der Waals surface area contributed by atoms with Crippen LogP contribution in [-0.2, 0) is 11.0 Å². The second-order valence-electron chi connectivity index (χ2n) is 8.23. The van der Waals surface area contributed by atoms with Gasteiger partial charge in [-0.15, -0.1) is 0 Å². The molecule has 1 heterocycles. The van der Waals surface area contributed by atoms with E-state index in [0.29, 0.717) is 26.2 Å². The Hall–Kier alpha value is -2.78. The third-order valence-corrected chi connectivity index (χ3v) is 5.94. The molecule has 0 radical (unpaired) electrons. The molecule has 7 nitrogen and oxygen atoms in total.